The molecule has 2 heterocycles. The van der Waals surface area contributed by atoms with Crippen molar-refractivity contribution < 1.29 is 14.3 Å². The van der Waals surface area contributed by atoms with Gasteiger partial charge in [0.15, 0.2) is 0 Å². The molecular formula is C15H28N2O3. The van der Waals surface area contributed by atoms with Gasteiger partial charge in [0.2, 0.25) is 0 Å². The second-order valence-electron chi connectivity index (χ2n) is 6.80. The fourth-order valence-electron chi connectivity index (χ4n) is 2.76. The van der Waals surface area contributed by atoms with Crippen LogP contribution in [-0.4, -0.2) is 73.3 Å². The Kier molecular flexibility index (Phi) is 5.41. The summed E-state index contributed by atoms with van der Waals surface area (Å²) in [7, 11) is 0. The average molecular weight is 284 g/mol. The molecule has 0 aliphatic carbocycles. The van der Waals surface area contributed by atoms with Crippen LogP contribution in [-0.2, 0) is 14.3 Å². The van der Waals surface area contributed by atoms with Gasteiger partial charge in [-0.3, -0.25) is 14.6 Å². The van der Waals surface area contributed by atoms with E-state index in [-0.39, 0.29) is 5.97 Å². The van der Waals surface area contributed by atoms with E-state index < -0.39 is 5.60 Å². The molecule has 2 rings (SSSR count). The second-order valence-corrected chi connectivity index (χ2v) is 6.80. The van der Waals surface area contributed by atoms with Gasteiger partial charge in [0, 0.05) is 39.3 Å². The highest BCUT2D eigenvalue weighted by atomic mass is 16.6. The van der Waals surface area contributed by atoms with Crippen LogP contribution in [0, 0.1) is 0 Å². The van der Waals surface area contributed by atoms with Crippen LogP contribution in [0.4, 0.5) is 0 Å². The van der Waals surface area contributed by atoms with Crippen molar-refractivity contribution in [2.45, 2.75) is 45.3 Å². The van der Waals surface area contributed by atoms with E-state index in [1.807, 2.05) is 20.8 Å². The molecule has 0 aromatic carbocycles. The first kappa shape index (κ1) is 15.7. The molecule has 0 aromatic rings. The quantitative estimate of drug-likeness (QED) is 0.724. The Labute approximate surface area is 122 Å². The smallest absolute Gasteiger partial charge is 0.320 e. The predicted octanol–water partition coefficient (Wildman–Crippen LogP) is 1.12. The van der Waals surface area contributed by atoms with E-state index in [1.165, 1.54) is 12.8 Å². The third-order valence-corrected chi connectivity index (χ3v) is 3.72. The second kappa shape index (κ2) is 6.87. The minimum atomic E-state index is -0.390. The minimum Gasteiger partial charge on any atom is -0.459 e. The van der Waals surface area contributed by atoms with Crippen molar-refractivity contribution in [3.8, 4) is 0 Å². The maximum atomic E-state index is 11.8. The number of carbonyl (C=O) groups is 1. The molecular weight excluding hydrogens is 256 g/mol. The summed E-state index contributed by atoms with van der Waals surface area (Å²) in [6, 6.07) is 0. The average Bonchev–Trinajstić information content (AvgIpc) is 2.82. The highest BCUT2D eigenvalue weighted by molar-refractivity contribution is 5.72. The van der Waals surface area contributed by atoms with Crippen molar-refractivity contribution >= 4 is 5.97 Å². The molecule has 0 saturated carbocycles. The zero-order chi connectivity index (χ0) is 14.6. The molecule has 116 valence electrons. The molecule has 1 unspecified atom stereocenters. The molecule has 2 aliphatic heterocycles. The van der Waals surface area contributed by atoms with Gasteiger partial charge in [-0.15, -0.1) is 0 Å². The van der Waals surface area contributed by atoms with Gasteiger partial charge < -0.3 is 9.47 Å². The van der Waals surface area contributed by atoms with Gasteiger partial charge in [-0.1, -0.05) is 0 Å². The maximum Gasteiger partial charge on any atom is 0.320 e. The number of hydrogen-bond donors (Lipinski definition) is 0. The largest absolute Gasteiger partial charge is 0.459 e. The van der Waals surface area contributed by atoms with Crippen molar-refractivity contribution in [3.63, 3.8) is 0 Å². The first-order valence-corrected chi connectivity index (χ1v) is 7.70. The third-order valence-electron chi connectivity index (χ3n) is 3.72. The molecule has 0 radical (unpaired) electrons. The van der Waals surface area contributed by atoms with Crippen molar-refractivity contribution in [1.82, 2.24) is 9.80 Å². The van der Waals surface area contributed by atoms with Gasteiger partial charge in [0.05, 0.1) is 12.6 Å². The van der Waals surface area contributed by atoms with Gasteiger partial charge in [-0.2, -0.15) is 0 Å². The van der Waals surface area contributed by atoms with Crippen LogP contribution in [0.3, 0.4) is 0 Å². The molecule has 1 atom stereocenters. The van der Waals surface area contributed by atoms with Crippen molar-refractivity contribution in [1.29, 1.82) is 0 Å². The molecule has 2 fully saturated rings. The summed E-state index contributed by atoms with van der Waals surface area (Å²) >= 11 is 0. The van der Waals surface area contributed by atoms with E-state index in [9.17, 15) is 4.79 Å². The predicted molar refractivity (Wildman–Crippen MR) is 77.7 cm³/mol. The zero-order valence-electron chi connectivity index (χ0n) is 13.1. The molecule has 0 N–H and O–H groups in total. The van der Waals surface area contributed by atoms with E-state index >= 15 is 0 Å². The lowest BCUT2D eigenvalue weighted by Gasteiger charge is -2.35. The SMILES string of the molecule is CC(C)(C)OC(=O)CN1CCN(CC2CCCO2)CC1. The molecule has 5 heteroatoms. The van der Waals surface area contributed by atoms with Crippen LogP contribution in [0.2, 0.25) is 0 Å². The number of nitrogens with zero attached hydrogens (tertiary/aromatic N) is 2. The standard InChI is InChI=1S/C15H28N2O3/c1-15(2,3)20-14(18)12-17-8-6-16(7-9-17)11-13-5-4-10-19-13/h13H,4-12H2,1-3H3. The number of ether oxygens (including phenoxy) is 2. The Balaban J connectivity index is 1.64. The molecule has 2 aliphatic rings. The maximum absolute atomic E-state index is 11.8. The number of piperazine rings is 1. The molecule has 2 saturated heterocycles. The Morgan fingerprint density at radius 1 is 1.20 bits per heavy atom. The molecule has 5 nitrogen and oxygen atoms in total. The van der Waals surface area contributed by atoms with Crippen molar-refractivity contribution in [2.75, 3.05) is 45.9 Å². The lowest BCUT2D eigenvalue weighted by Crippen LogP contribution is -2.50. The highest BCUT2D eigenvalue weighted by Gasteiger charge is 2.25. The molecule has 0 amide bonds. The summed E-state index contributed by atoms with van der Waals surface area (Å²) in [5, 5.41) is 0. The van der Waals surface area contributed by atoms with Gasteiger partial charge in [0.1, 0.15) is 5.60 Å². The van der Waals surface area contributed by atoms with Gasteiger partial charge in [-0.05, 0) is 33.6 Å². The van der Waals surface area contributed by atoms with Crippen LogP contribution in [0.25, 0.3) is 0 Å². The highest BCUT2D eigenvalue weighted by Crippen LogP contribution is 2.14. The molecule has 20 heavy (non-hydrogen) atoms. The Morgan fingerprint density at radius 3 is 2.40 bits per heavy atom. The number of hydrogen-bond acceptors (Lipinski definition) is 5. The first-order chi connectivity index (χ1) is 9.42. The lowest BCUT2D eigenvalue weighted by molar-refractivity contribution is -0.156. The minimum absolute atomic E-state index is 0.120. The Hall–Kier alpha value is -0.650. The van der Waals surface area contributed by atoms with Gasteiger partial charge in [-0.25, -0.2) is 0 Å². The van der Waals surface area contributed by atoms with E-state index in [0.717, 1.165) is 39.3 Å². The van der Waals surface area contributed by atoms with E-state index in [1.54, 1.807) is 0 Å². The molecule has 0 spiro atoms. The number of carbonyl (C=O) groups excluding carboxylic acids is 1. The van der Waals surface area contributed by atoms with Gasteiger partial charge in [0.25, 0.3) is 0 Å². The van der Waals surface area contributed by atoms with Crippen molar-refractivity contribution in [2.24, 2.45) is 0 Å². The third kappa shape index (κ3) is 5.38. The van der Waals surface area contributed by atoms with Crippen LogP contribution >= 0.6 is 0 Å². The summed E-state index contributed by atoms with van der Waals surface area (Å²) in [5.41, 5.74) is -0.390. The number of rotatable bonds is 4. The fourth-order valence-corrected chi connectivity index (χ4v) is 2.76. The van der Waals surface area contributed by atoms with Crippen molar-refractivity contribution in [3.05, 3.63) is 0 Å². The molecule has 0 aromatic heterocycles. The lowest BCUT2D eigenvalue weighted by atomic mass is 10.2. The number of esters is 1. The topological polar surface area (TPSA) is 42.0 Å². The normalized spacial score (nSPS) is 25.9. The summed E-state index contributed by atoms with van der Waals surface area (Å²) in [6.45, 7) is 12.0. The first-order valence-electron chi connectivity index (χ1n) is 7.70. The summed E-state index contributed by atoms with van der Waals surface area (Å²) < 4.78 is 11.0. The molecule has 0 bridgehead atoms. The van der Waals surface area contributed by atoms with Crippen LogP contribution in [0.15, 0.2) is 0 Å². The Morgan fingerprint density at radius 2 is 1.85 bits per heavy atom. The zero-order valence-corrected chi connectivity index (χ0v) is 13.1. The fraction of sp³-hybridized carbons (Fsp3) is 0.933. The van der Waals surface area contributed by atoms with Gasteiger partial charge >= 0.3 is 5.97 Å². The monoisotopic (exact) mass is 284 g/mol. The summed E-state index contributed by atoms with van der Waals surface area (Å²) in [4.78, 5) is 16.4. The van der Waals surface area contributed by atoms with Crippen LogP contribution < -0.4 is 0 Å². The van der Waals surface area contributed by atoms with Crippen LogP contribution in [0.5, 0.6) is 0 Å². The Bertz CT molecular complexity index is 314. The summed E-state index contributed by atoms with van der Waals surface area (Å²) in [6.07, 6.45) is 2.81. The van der Waals surface area contributed by atoms with E-state index in [2.05, 4.69) is 9.80 Å². The van der Waals surface area contributed by atoms with E-state index in [4.69, 9.17) is 9.47 Å². The summed E-state index contributed by atoms with van der Waals surface area (Å²) in [5.74, 6) is -0.120. The van der Waals surface area contributed by atoms with Crippen LogP contribution in [0.1, 0.15) is 33.6 Å². The van der Waals surface area contributed by atoms with E-state index in [0.29, 0.717) is 12.6 Å².